The summed E-state index contributed by atoms with van der Waals surface area (Å²) in [5.41, 5.74) is 10.7. The van der Waals surface area contributed by atoms with Crippen LogP contribution in [0.3, 0.4) is 0 Å². The Morgan fingerprint density at radius 3 is 2.13 bits per heavy atom. The van der Waals surface area contributed by atoms with Crippen LogP contribution in [0.4, 0.5) is 11.4 Å². The highest BCUT2D eigenvalue weighted by Crippen LogP contribution is 2.41. The fraction of sp³-hybridized carbons (Fsp3) is 0.0976. The number of allylic oxidation sites excluding steroid dienone is 2. The Morgan fingerprint density at radius 2 is 1.31 bits per heavy atom. The minimum absolute atomic E-state index is 0.415. The summed E-state index contributed by atoms with van der Waals surface area (Å²) in [7, 11) is 0. The van der Waals surface area contributed by atoms with Gasteiger partial charge in [0.05, 0.1) is 0 Å². The molecule has 216 valence electrons. The van der Waals surface area contributed by atoms with E-state index >= 15 is 0 Å². The van der Waals surface area contributed by atoms with E-state index in [4.69, 9.17) is 13.8 Å². The van der Waals surface area contributed by atoms with Gasteiger partial charge in [0.2, 0.25) is 5.89 Å². The first kappa shape index (κ1) is 25.8. The van der Waals surface area contributed by atoms with Gasteiger partial charge in [-0.25, -0.2) is 4.98 Å². The standard InChI is InChI=1S/C41H30N2O2/c1-3-9-27(10-4-1)28-15-19-31(20-16-28)43(33-22-23-35-34-13-7-8-14-38(34)44-39(35)26-33)32-21-17-29-18-24-37-40(36(29)25-32)45-41(42-37)30-11-5-2-6-12-30/h1-16,19-20,22-26,29H,17-18,21H2. The molecule has 9 rings (SSSR count). The van der Waals surface area contributed by atoms with Crippen molar-refractivity contribution in [2.75, 3.05) is 4.90 Å². The molecule has 5 aromatic carbocycles. The van der Waals surface area contributed by atoms with E-state index in [0.29, 0.717) is 11.8 Å². The maximum atomic E-state index is 6.50. The van der Waals surface area contributed by atoms with Gasteiger partial charge in [-0.15, -0.1) is 0 Å². The minimum atomic E-state index is 0.415. The molecule has 0 radical (unpaired) electrons. The molecule has 0 aliphatic heterocycles. The quantitative estimate of drug-likeness (QED) is 0.203. The van der Waals surface area contributed by atoms with Gasteiger partial charge in [-0.2, -0.15) is 0 Å². The highest BCUT2D eigenvalue weighted by Gasteiger charge is 2.28. The molecule has 2 heterocycles. The van der Waals surface area contributed by atoms with Gasteiger partial charge < -0.3 is 13.7 Å². The molecule has 2 aliphatic rings. The van der Waals surface area contributed by atoms with Gasteiger partial charge in [-0.1, -0.05) is 84.9 Å². The largest absolute Gasteiger partial charge is 0.456 e. The summed E-state index contributed by atoms with van der Waals surface area (Å²) in [6.45, 7) is 0. The summed E-state index contributed by atoms with van der Waals surface area (Å²) in [6.07, 6.45) is 7.57. The molecule has 0 saturated carbocycles. The molecule has 0 fully saturated rings. The van der Waals surface area contributed by atoms with Gasteiger partial charge in [0.15, 0.2) is 5.42 Å². The topological polar surface area (TPSA) is 42.4 Å². The smallest absolute Gasteiger partial charge is 0.227 e. The number of hydrogen-bond donors (Lipinski definition) is 0. The van der Waals surface area contributed by atoms with Crippen LogP contribution in [-0.4, -0.2) is 4.98 Å². The van der Waals surface area contributed by atoms with Crippen molar-refractivity contribution in [1.29, 1.82) is 0 Å². The number of aromatic nitrogens is 1. The highest BCUT2D eigenvalue weighted by molar-refractivity contribution is 6.06. The summed E-state index contributed by atoms with van der Waals surface area (Å²) < 4.78 is 12.8. The number of anilines is 2. The monoisotopic (exact) mass is 582 g/mol. The van der Waals surface area contributed by atoms with Gasteiger partial charge in [-0.3, -0.25) is 0 Å². The van der Waals surface area contributed by atoms with Crippen LogP contribution in [0, 0.1) is 5.92 Å². The fourth-order valence-corrected chi connectivity index (χ4v) is 6.92. The predicted octanol–water partition coefficient (Wildman–Crippen LogP) is 9.38. The van der Waals surface area contributed by atoms with Crippen molar-refractivity contribution in [3.63, 3.8) is 0 Å². The molecule has 2 aromatic heterocycles. The lowest BCUT2D eigenvalue weighted by atomic mass is 9.82. The Balaban J connectivity index is 1.20. The normalized spacial score (nSPS) is 15.8. The van der Waals surface area contributed by atoms with E-state index in [-0.39, 0.29) is 0 Å². The Kier molecular flexibility index (Phi) is 6.05. The summed E-state index contributed by atoms with van der Waals surface area (Å²) in [6, 6.07) is 44.4. The zero-order valence-electron chi connectivity index (χ0n) is 24.7. The molecule has 0 saturated heterocycles. The Bertz CT molecular complexity index is 2350. The van der Waals surface area contributed by atoms with Crippen molar-refractivity contribution in [2.24, 2.45) is 5.92 Å². The lowest BCUT2D eigenvalue weighted by Crippen LogP contribution is -2.33. The van der Waals surface area contributed by atoms with Gasteiger partial charge in [0, 0.05) is 45.0 Å². The fourth-order valence-electron chi connectivity index (χ4n) is 6.92. The summed E-state index contributed by atoms with van der Waals surface area (Å²) in [4.78, 5) is 7.28. The van der Waals surface area contributed by atoms with Crippen molar-refractivity contribution in [3.8, 4) is 22.6 Å². The van der Waals surface area contributed by atoms with Crippen LogP contribution in [0.15, 0.2) is 148 Å². The molecule has 1 atom stereocenters. The van der Waals surface area contributed by atoms with Crippen molar-refractivity contribution < 1.29 is 8.83 Å². The third-order valence-corrected chi connectivity index (χ3v) is 9.18. The van der Waals surface area contributed by atoms with Crippen LogP contribution in [0.1, 0.15) is 19.3 Å². The first-order valence-corrected chi connectivity index (χ1v) is 15.6. The molecule has 0 amide bonds. The maximum absolute atomic E-state index is 6.50. The average molecular weight is 583 g/mol. The highest BCUT2D eigenvalue weighted by atomic mass is 16.3. The van der Waals surface area contributed by atoms with Crippen LogP contribution in [0.25, 0.3) is 56.2 Å². The van der Waals surface area contributed by atoms with Crippen LogP contribution >= 0.6 is 0 Å². The Morgan fingerprint density at radius 1 is 0.622 bits per heavy atom. The number of rotatable bonds is 5. The lowest BCUT2D eigenvalue weighted by Gasteiger charge is -2.33. The SMILES string of the molecule is C1=C(N(c2ccc(-c3ccccc3)cc2)c2ccc3c(c2)oc2ccccc23)CCC2CC=c3nc(-c4ccccc4)oc3=C12. The summed E-state index contributed by atoms with van der Waals surface area (Å²) >= 11 is 0. The average Bonchev–Trinajstić information content (AvgIpc) is 3.72. The van der Waals surface area contributed by atoms with Crippen LogP contribution in [-0.2, 0) is 0 Å². The number of furan rings is 1. The van der Waals surface area contributed by atoms with E-state index in [1.165, 1.54) is 22.4 Å². The van der Waals surface area contributed by atoms with Gasteiger partial charge in [0.25, 0.3) is 0 Å². The maximum Gasteiger partial charge on any atom is 0.227 e. The molecule has 4 heteroatoms. The van der Waals surface area contributed by atoms with Crippen LogP contribution in [0.5, 0.6) is 0 Å². The molecule has 45 heavy (non-hydrogen) atoms. The summed E-state index contributed by atoms with van der Waals surface area (Å²) in [5, 5.41) is 3.21. The lowest BCUT2D eigenvalue weighted by molar-refractivity contribution is 0.515. The molecular formula is C41H30N2O2. The second-order valence-electron chi connectivity index (χ2n) is 11.9. The van der Waals surface area contributed by atoms with Gasteiger partial charge in [0.1, 0.15) is 16.5 Å². The Hall–Kier alpha value is -5.61. The predicted molar refractivity (Wildman–Crippen MR) is 182 cm³/mol. The second kappa shape index (κ2) is 10.5. The van der Waals surface area contributed by atoms with E-state index in [1.807, 2.05) is 30.3 Å². The molecule has 4 nitrogen and oxygen atoms in total. The van der Waals surface area contributed by atoms with Crippen molar-refractivity contribution in [3.05, 3.63) is 150 Å². The van der Waals surface area contributed by atoms with Crippen LogP contribution in [0.2, 0.25) is 0 Å². The number of hydrogen-bond acceptors (Lipinski definition) is 4. The first-order valence-electron chi connectivity index (χ1n) is 15.6. The van der Waals surface area contributed by atoms with E-state index in [0.717, 1.165) is 68.9 Å². The molecule has 0 bridgehead atoms. The van der Waals surface area contributed by atoms with Crippen molar-refractivity contribution >= 4 is 45.0 Å². The number of oxazole rings is 1. The molecule has 0 N–H and O–H groups in total. The molecule has 2 aliphatic carbocycles. The van der Waals surface area contributed by atoms with E-state index in [1.54, 1.807) is 0 Å². The second-order valence-corrected chi connectivity index (χ2v) is 11.9. The molecule has 7 aromatic rings. The molecular weight excluding hydrogens is 552 g/mol. The molecule has 1 unspecified atom stereocenters. The van der Waals surface area contributed by atoms with Gasteiger partial charge >= 0.3 is 0 Å². The van der Waals surface area contributed by atoms with Crippen LogP contribution < -0.4 is 15.7 Å². The van der Waals surface area contributed by atoms with Crippen molar-refractivity contribution in [1.82, 2.24) is 4.98 Å². The minimum Gasteiger partial charge on any atom is -0.456 e. The van der Waals surface area contributed by atoms with Crippen molar-refractivity contribution in [2.45, 2.75) is 19.3 Å². The number of para-hydroxylation sites is 1. The molecule has 0 spiro atoms. The third-order valence-electron chi connectivity index (χ3n) is 9.18. The number of nitrogens with zero attached hydrogens (tertiary/aromatic N) is 2. The zero-order chi connectivity index (χ0) is 29.7. The third kappa shape index (κ3) is 4.49. The Labute approximate surface area is 260 Å². The number of fused-ring (bicyclic) bond motifs is 5. The first-order chi connectivity index (χ1) is 22.3. The van der Waals surface area contributed by atoms with Gasteiger partial charge in [-0.05, 0) is 84.8 Å². The zero-order valence-corrected chi connectivity index (χ0v) is 24.7. The van der Waals surface area contributed by atoms with E-state index in [2.05, 4.69) is 114 Å². The van der Waals surface area contributed by atoms with E-state index < -0.39 is 0 Å². The summed E-state index contributed by atoms with van der Waals surface area (Å²) in [5.74, 6) is 1.09. The number of benzene rings is 5. The van der Waals surface area contributed by atoms with E-state index in [9.17, 15) is 0 Å².